The molecule has 1 N–H and O–H groups in total. The van der Waals surface area contributed by atoms with E-state index in [2.05, 4.69) is 4.90 Å². The SMILES string of the molecule is Cc1cc(S(=O)(=O)N(C)CC2CCN(CCO)CC2)c(Cl)cc1F. The molecular formula is C16H24ClFN2O3S. The van der Waals surface area contributed by atoms with E-state index in [1.807, 2.05) is 0 Å². The van der Waals surface area contributed by atoms with Gasteiger partial charge in [0.1, 0.15) is 10.7 Å². The predicted octanol–water partition coefficient (Wildman–Crippen LogP) is 2.11. The van der Waals surface area contributed by atoms with Gasteiger partial charge < -0.3 is 10.0 Å². The van der Waals surface area contributed by atoms with Gasteiger partial charge in [-0.05, 0) is 56.5 Å². The molecule has 1 saturated heterocycles. The van der Waals surface area contributed by atoms with Crippen LogP contribution in [-0.4, -0.2) is 62.6 Å². The lowest BCUT2D eigenvalue weighted by molar-refractivity contribution is 0.141. The summed E-state index contributed by atoms with van der Waals surface area (Å²) in [6, 6.07) is 2.33. The van der Waals surface area contributed by atoms with Crippen molar-refractivity contribution in [3.63, 3.8) is 0 Å². The Balaban J connectivity index is 2.06. The van der Waals surface area contributed by atoms with Crippen LogP contribution < -0.4 is 0 Å². The topological polar surface area (TPSA) is 60.9 Å². The second-order valence-electron chi connectivity index (χ2n) is 6.33. The highest BCUT2D eigenvalue weighted by molar-refractivity contribution is 7.89. The van der Waals surface area contributed by atoms with Crippen molar-refractivity contribution in [3.8, 4) is 0 Å². The molecule has 0 atom stereocenters. The standard InChI is InChI=1S/C16H24ClFN2O3S/c1-12-9-16(14(17)10-15(12)18)24(22,23)19(2)11-13-3-5-20(6-4-13)7-8-21/h9-10,13,21H,3-8,11H2,1-2H3. The molecule has 1 aromatic carbocycles. The number of aryl methyl sites for hydroxylation is 1. The quantitative estimate of drug-likeness (QED) is 0.823. The highest BCUT2D eigenvalue weighted by Gasteiger charge is 2.28. The second-order valence-corrected chi connectivity index (χ2v) is 8.75. The molecule has 1 aromatic rings. The Morgan fingerprint density at radius 1 is 1.38 bits per heavy atom. The highest BCUT2D eigenvalue weighted by Crippen LogP contribution is 2.28. The monoisotopic (exact) mass is 378 g/mol. The first-order valence-corrected chi connectivity index (χ1v) is 9.82. The van der Waals surface area contributed by atoms with E-state index in [4.69, 9.17) is 16.7 Å². The number of sulfonamides is 1. The summed E-state index contributed by atoms with van der Waals surface area (Å²) in [7, 11) is -2.22. The minimum Gasteiger partial charge on any atom is -0.395 e. The number of hydrogen-bond donors (Lipinski definition) is 1. The Labute approximate surface area is 148 Å². The zero-order valence-electron chi connectivity index (χ0n) is 14.0. The minimum atomic E-state index is -3.75. The molecule has 1 fully saturated rings. The maximum Gasteiger partial charge on any atom is 0.244 e. The molecule has 0 spiro atoms. The number of halogens is 2. The van der Waals surface area contributed by atoms with E-state index < -0.39 is 15.8 Å². The fourth-order valence-corrected chi connectivity index (χ4v) is 4.81. The molecule has 0 amide bonds. The average Bonchev–Trinajstić information content (AvgIpc) is 2.52. The lowest BCUT2D eigenvalue weighted by Gasteiger charge is -2.33. The van der Waals surface area contributed by atoms with E-state index in [1.54, 1.807) is 0 Å². The number of aliphatic hydroxyl groups excluding tert-OH is 1. The zero-order chi connectivity index (χ0) is 17.9. The van der Waals surface area contributed by atoms with Crippen molar-refractivity contribution in [3.05, 3.63) is 28.5 Å². The number of rotatable bonds is 6. The van der Waals surface area contributed by atoms with Gasteiger partial charge in [-0.25, -0.2) is 17.1 Å². The predicted molar refractivity (Wildman–Crippen MR) is 92.2 cm³/mol. The molecule has 0 radical (unpaired) electrons. The van der Waals surface area contributed by atoms with Crippen LogP contribution in [0.4, 0.5) is 4.39 Å². The number of piperidine rings is 1. The Hall–Kier alpha value is -0.730. The molecule has 8 heteroatoms. The van der Waals surface area contributed by atoms with Crippen LogP contribution in [0.1, 0.15) is 18.4 Å². The summed E-state index contributed by atoms with van der Waals surface area (Å²) in [5.74, 6) is -0.252. The Morgan fingerprint density at radius 2 is 2.00 bits per heavy atom. The molecule has 136 valence electrons. The van der Waals surface area contributed by atoms with E-state index in [1.165, 1.54) is 24.3 Å². The normalized spacial score (nSPS) is 17.6. The third kappa shape index (κ3) is 4.46. The summed E-state index contributed by atoms with van der Waals surface area (Å²) in [5, 5.41) is 8.87. The Kier molecular flexibility index (Phi) is 6.61. The molecule has 0 bridgehead atoms. The summed E-state index contributed by atoms with van der Waals surface area (Å²) in [4.78, 5) is 2.12. The molecule has 0 saturated carbocycles. The summed E-state index contributed by atoms with van der Waals surface area (Å²) in [6.07, 6.45) is 1.77. The number of benzene rings is 1. The van der Waals surface area contributed by atoms with Crippen molar-refractivity contribution in [2.75, 3.05) is 39.8 Å². The van der Waals surface area contributed by atoms with Gasteiger partial charge in [-0.2, -0.15) is 0 Å². The van der Waals surface area contributed by atoms with Gasteiger partial charge in [-0.1, -0.05) is 11.6 Å². The molecule has 2 rings (SSSR count). The van der Waals surface area contributed by atoms with E-state index in [0.29, 0.717) is 13.1 Å². The van der Waals surface area contributed by atoms with Crippen LogP contribution in [0, 0.1) is 18.7 Å². The first-order valence-electron chi connectivity index (χ1n) is 8.01. The van der Waals surface area contributed by atoms with Gasteiger partial charge in [0.2, 0.25) is 10.0 Å². The van der Waals surface area contributed by atoms with E-state index in [0.717, 1.165) is 32.0 Å². The Morgan fingerprint density at radius 3 is 2.58 bits per heavy atom. The van der Waals surface area contributed by atoms with Crippen LogP contribution >= 0.6 is 11.6 Å². The van der Waals surface area contributed by atoms with E-state index >= 15 is 0 Å². The maximum absolute atomic E-state index is 13.5. The average molecular weight is 379 g/mol. The van der Waals surface area contributed by atoms with Crippen molar-refractivity contribution in [1.29, 1.82) is 0 Å². The van der Waals surface area contributed by atoms with Crippen molar-refractivity contribution in [2.45, 2.75) is 24.7 Å². The van der Waals surface area contributed by atoms with Gasteiger partial charge in [-0.3, -0.25) is 0 Å². The highest BCUT2D eigenvalue weighted by atomic mass is 35.5. The molecule has 0 aliphatic carbocycles. The van der Waals surface area contributed by atoms with E-state index in [-0.39, 0.29) is 28.0 Å². The third-order valence-electron chi connectivity index (χ3n) is 4.54. The Bertz CT molecular complexity index is 676. The first-order chi connectivity index (χ1) is 11.3. The second kappa shape index (κ2) is 8.10. The number of aliphatic hydroxyl groups is 1. The van der Waals surface area contributed by atoms with Crippen LogP contribution in [0.25, 0.3) is 0 Å². The van der Waals surface area contributed by atoms with Crippen molar-refractivity contribution >= 4 is 21.6 Å². The molecule has 1 aliphatic rings. The fraction of sp³-hybridized carbons (Fsp3) is 0.625. The smallest absolute Gasteiger partial charge is 0.244 e. The van der Waals surface area contributed by atoms with Crippen LogP contribution in [0.2, 0.25) is 5.02 Å². The van der Waals surface area contributed by atoms with Gasteiger partial charge in [0, 0.05) is 20.1 Å². The largest absolute Gasteiger partial charge is 0.395 e. The fourth-order valence-electron chi connectivity index (χ4n) is 2.99. The first kappa shape index (κ1) is 19.6. The lowest BCUT2D eigenvalue weighted by Crippen LogP contribution is -2.40. The molecule has 1 aliphatic heterocycles. The molecule has 0 aromatic heterocycles. The van der Waals surface area contributed by atoms with Crippen LogP contribution in [0.3, 0.4) is 0 Å². The van der Waals surface area contributed by atoms with Gasteiger partial charge >= 0.3 is 0 Å². The summed E-state index contributed by atoms with van der Waals surface area (Å²) >= 11 is 5.95. The van der Waals surface area contributed by atoms with Crippen LogP contribution in [-0.2, 0) is 10.0 Å². The molecule has 24 heavy (non-hydrogen) atoms. The molecule has 1 heterocycles. The van der Waals surface area contributed by atoms with Crippen molar-refractivity contribution < 1.29 is 17.9 Å². The summed E-state index contributed by atoms with van der Waals surface area (Å²) < 4.78 is 40.3. The number of β-amino-alcohol motifs (C(OH)–C–C–N with tert-alkyl or cyclic N) is 1. The van der Waals surface area contributed by atoms with Crippen LogP contribution in [0.5, 0.6) is 0 Å². The number of nitrogens with zero attached hydrogens (tertiary/aromatic N) is 2. The molecule has 0 unspecified atom stereocenters. The molecular weight excluding hydrogens is 355 g/mol. The lowest BCUT2D eigenvalue weighted by atomic mass is 9.97. The van der Waals surface area contributed by atoms with Gasteiger partial charge in [0.15, 0.2) is 0 Å². The van der Waals surface area contributed by atoms with Gasteiger partial charge in [0.05, 0.1) is 11.6 Å². The summed E-state index contributed by atoms with van der Waals surface area (Å²) in [5.41, 5.74) is 0.253. The third-order valence-corrected chi connectivity index (χ3v) is 6.83. The number of hydrogen-bond acceptors (Lipinski definition) is 4. The minimum absolute atomic E-state index is 0.0525. The van der Waals surface area contributed by atoms with Crippen molar-refractivity contribution in [1.82, 2.24) is 9.21 Å². The van der Waals surface area contributed by atoms with Gasteiger partial charge in [-0.15, -0.1) is 0 Å². The molecule has 5 nitrogen and oxygen atoms in total. The summed E-state index contributed by atoms with van der Waals surface area (Å²) in [6.45, 7) is 4.43. The maximum atomic E-state index is 13.5. The van der Waals surface area contributed by atoms with Crippen LogP contribution in [0.15, 0.2) is 17.0 Å². The van der Waals surface area contributed by atoms with Gasteiger partial charge in [0.25, 0.3) is 0 Å². The van der Waals surface area contributed by atoms with Crippen molar-refractivity contribution in [2.24, 2.45) is 5.92 Å². The zero-order valence-corrected chi connectivity index (χ0v) is 15.6. The number of likely N-dealkylation sites (tertiary alicyclic amines) is 1. The van der Waals surface area contributed by atoms with E-state index in [9.17, 15) is 12.8 Å².